The lowest BCUT2D eigenvalue weighted by molar-refractivity contribution is 0.0948. The van der Waals surface area contributed by atoms with Gasteiger partial charge >= 0.3 is 0 Å². The van der Waals surface area contributed by atoms with Crippen molar-refractivity contribution in [1.82, 2.24) is 0 Å². The van der Waals surface area contributed by atoms with E-state index in [1.165, 1.54) is 5.56 Å². The lowest BCUT2D eigenvalue weighted by Gasteiger charge is -2.18. The van der Waals surface area contributed by atoms with Crippen LogP contribution < -0.4 is 0 Å². The molecule has 0 aliphatic carbocycles. The molecule has 0 saturated carbocycles. The van der Waals surface area contributed by atoms with Crippen molar-refractivity contribution in [2.24, 2.45) is 5.92 Å². The summed E-state index contributed by atoms with van der Waals surface area (Å²) in [5.41, 5.74) is 1.34. The van der Waals surface area contributed by atoms with E-state index in [1.54, 1.807) is 7.11 Å². The number of benzene rings is 1. The zero-order chi connectivity index (χ0) is 13.2. The molecule has 0 heterocycles. The highest BCUT2D eigenvalue weighted by Crippen LogP contribution is 2.32. The molecule has 2 nitrogen and oxygen atoms in total. The minimum atomic E-state index is 0.404. The second kappa shape index (κ2) is 9.54. The Morgan fingerprint density at radius 2 is 1.83 bits per heavy atom. The van der Waals surface area contributed by atoms with Crippen LogP contribution in [0.25, 0.3) is 0 Å². The van der Waals surface area contributed by atoms with Crippen molar-refractivity contribution in [3.63, 3.8) is 0 Å². The average molecular weight is 315 g/mol. The maximum atomic E-state index is 5.59. The van der Waals surface area contributed by atoms with E-state index in [-0.39, 0.29) is 0 Å². The van der Waals surface area contributed by atoms with Gasteiger partial charge in [0.1, 0.15) is 0 Å². The molecule has 0 aliphatic heterocycles. The molecule has 1 rings (SSSR count). The first-order chi connectivity index (χ1) is 8.75. The predicted molar refractivity (Wildman–Crippen MR) is 79.2 cm³/mol. The van der Waals surface area contributed by atoms with Crippen LogP contribution >= 0.6 is 15.9 Å². The first-order valence-electron chi connectivity index (χ1n) is 6.51. The zero-order valence-corrected chi connectivity index (χ0v) is 12.9. The maximum absolute atomic E-state index is 5.59. The maximum Gasteiger partial charge on any atom is 0.0487 e. The predicted octanol–water partition coefficient (Wildman–Crippen LogP) is 4.20. The monoisotopic (exact) mass is 314 g/mol. The summed E-state index contributed by atoms with van der Waals surface area (Å²) in [5, 5.41) is 0. The van der Waals surface area contributed by atoms with Crippen LogP contribution in [0.2, 0.25) is 0 Å². The van der Waals surface area contributed by atoms with Crippen molar-refractivity contribution in [2.75, 3.05) is 26.9 Å². The fraction of sp³-hybridized carbons (Fsp3) is 0.600. The Morgan fingerprint density at radius 3 is 2.50 bits per heavy atom. The lowest BCUT2D eigenvalue weighted by Crippen LogP contribution is -2.08. The summed E-state index contributed by atoms with van der Waals surface area (Å²) in [6.45, 7) is 4.64. The lowest BCUT2D eigenvalue weighted by atomic mass is 9.98. The molecule has 0 radical (unpaired) electrons. The van der Waals surface area contributed by atoms with Gasteiger partial charge < -0.3 is 9.47 Å². The van der Waals surface area contributed by atoms with Crippen molar-refractivity contribution in [3.05, 3.63) is 35.9 Å². The van der Waals surface area contributed by atoms with Crippen molar-refractivity contribution in [3.8, 4) is 0 Å². The molecule has 2 atom stereocenters. The number of hydrogen-bond donors (Lipinski definition) is 0. The van der Waals surface area contributed by atoms with E-state index in [0.29, 0.717) is 10.7 Å². The Labute approximate surface area is 119 Å². The Kier molecular flexibility index (Phi) is 8.31. The molecule has 18 heavy (non-hydrogen) atoms. The molecule has 0 aromatic heterocycles. The highest BCUT2D eigenvalue weighted by molar-refractivity contribution is 9.09. The zero-order valence-electron chi connectivity index (χ0n) is 11.3. The molecular formula is C15H23BrO2. The second-order valence-electron chi connectivity index (χ2n) is 4.54. The van der Waals surface area contributed by atoms with E-state index < -0.39 is 0 Å². The van der Waals surface area contributed by atoms with Crippen LogP contribution in [0.5, 0.6) is 0 Å². The Bertz CT molecular complexity index is 303. The topological polar surface area (TPSA) is 18.5 Å². The first kappa shape index (κ1) is 15.7. The van der Waals surface area contributed by atoms with Gasteiger partial charge in [0.15, 0.2) is 0 Å². The Balaban J connectivity index is 2.18. The van der Waals surface area contributed by atoms with E-state index in [1.807, 2.05) is 6.07 Å². The van der Waals surface area contributed by atoms with Crippen molar-refractivity contribution in [2.45, 2.75) is 24.6 Å². The summed E-state index contributed by atoms with van der Waals surface area (Å²) in [6.07, 6.45) is 2.04. The first-order valence-corrected chi connectivity index (χ1v) is 7.43. The van der Waals surface area contributed by atoms with Crippen LogP contribution in [0.4, 0.5) is 0 Å². The smallest absolute Gasteiger partial charge is 0.0487 e. The SMILES string of the molecule is COCCCOCCC(C)C(Br)c1ccccc1. The fourth-order valence-corrected chi connectivity index (χ4v) is 2.36. The summed E-state index contributed by atoms with van der Waals surface area (Å²) in [4.78, 5) is 0.404. The van der Waals surface area contributed by atoms with Crippen LogP contribution in [0.15, 0.2) is 30.3 Å². The molecule has 0 saturated heterocycles. The van der Waals surface area contributed by atoms with E-state index >= 15 is 0 Å². The van der Waals surface area contributed by atoms with Gasteiger partial charge in [-0.3, -0.25) is 0 Å². The molecular weight excluding hydrogens is 292 g/mol. The molecule has 0 aliphatic rings. The van der Waals surface area contributed by atoms with Gasteiger partial charge in [-0.15, -0.1) is 0 Å². The fourth-order valence-electron chi connectivity index (χ4n) is 1.79. The van der Waals surface area contributed by atoms with Crippen molar-refractivity contribution >= 4 is 15.9 Å². The molecule has 0 bridgehead atoms. The van der Waals surface area contributed by atoms with Crippen LogP contribution in [0, 0.1) is 5.92 Å². The van der Waals surface area contributed by atoms with Gasteiger partial charge in [0.2, 0.25) is 0 Å². The van der Waals surface area contributed by atoms with Gasteiger partial charge in [-0.05, 0) is 24.3 Å². The van der Waals surface area contributed by atoms with Crippen LogP contribution in [-0.4, -0.2) is 26.9 Å². The summed E-state index contributed by atoms with van der Waals surface area (Å²) in [6, 6.07) is 10.5. The highest BCUT2D eigenvalue weighted by atomic mass is 79.9. The van der Waals surface area contributed by atoms with Crippen LogP contribution in [0.3, 0.4) is 0 Å². The number of rotatable bonds is 9. The normalized spacial score (nSPS) is 14.4. The molecule has 0 amide bonds. The Hall–Kier alpha value is -0.380. The molecule has 1 aromatic rings. The van der Waals surface area contributed by atoms with E-state index in [9.17, 15) is 0 Å². The van der Waals surface area contributed by atoms with Crippen molar-refractivity contribution < 1.29 is 9.47 Å². The van der Waals surface area contributed by atoms with E-state index in [0.717, 1.165) is 32.7 Å². The number of alkyl halides is 1. The largest absolute Gasteiger partial charge is 0.385 e. The average Bonchev–Trinajstić information content (AvgIpc) is 2.42. The van der Waals surface area contributed by atoms with Gasteiger partial charge in [-0.1, -0.05) is 53.2 Å². The third-order valence-electron chi connectivity index (χ3n) is 2.97. The Morgan fingerprint density at radius 1 is 1.11 bits per heavy atom. The molecule has 0 spiro atoms. The molecule has 102 valence electrons. The third-order valence-corrected chi connectivity index (χ3v) is 4.40. The molecule has 3 heteroatoms. The van der Waals surface area contributed by atoms with Gasteiger partial charge in [0.25, 0.3) is 0 Å². The molecule has 2 unspecified atom stereocenters. The van der Waals surface area contributed by atoms with Crippen molar-refractivity contribution in [1.29, 1.82) is 0 Å². The molecule has 0 fully saturated rings. The van der Waals surface area contributed by atoms with Crippen LogP contribution in [0.1, 0.15) is 30.2 Å². The minimum absolute atomic E-state index is 0.404. The van der Waals surface area contributed by atoms with Gasteiger partial charge in [-0.25, -0.2) is 0 Å². The number of halogens is 1. The number of hydrogen-bond acceptors (Lipinski definition) is 2. The van der Waals surface area contributed by atoms with E-state index in [4.69, 9.17) is 9.47 Å². The number of ether oxygens (including phenoxy) is 2. The summed E-state index contributed by atoms with van der Waals surface area (Å²) >= 11 is 3.77. The van der Waals surface area contributed by atoms with Crippen LogP contribution in [-0.2, 0) is 9.47 Å². The van der Waals surface area contributed by atoms with Gasteiger partial charge in [-0.2, -0.15) is 0 Å². The quantitative estimate of drug-likeness (QED) is 0.502. The standard InChI is InChI=1S/C15H23BrO2/c1-13(9-12-18-11-6-10-17-2)15(16)14-7-4-3-5-8-14/h3-5,7-8,13,15H,6,9-12H2,1-2H3. The summed E-state index contributed by atoms with van der Waals surface area (Å²) < 4.78 is 10.6. The number of methoxy groups -OCH3 is 1. The highest BCUT2D eigenvalue weighted by Gasteiger charge is 2.15. The second-order valence-corrected chi connectivity index (χ2v) is 5.52. The molecule has 0 N–H and O–H groups in total. The van der Waals surface area contributed by atoms with E-state index in [2.05, 4.69) is 47.1 Å². The minimum Gasteiger partial charge on any atom is -0.385 e. The van der Waals surface area contributed by atoms with Gasteiger partial charge in [0, 0.05) is 31.8 Å². The molecule has 1 aromatic carbocycles. The summed E-state index contributed by atoms with van der Waals surface area (Å²) in [5.74, 6) is 0.565. The third kappa shape index (κ3) is 5.98. The van der Waals surface area contributed by atoms with Gasteiger partial charge in [0.05, 0.1) is 0 Å². The summed E-state index contributed by atoms with van der Waals surface area (Å²) in [7, 11) is 1.72.